The molecule has 0 aliphatic carbocycles. The molecule has 26 heavy (non-hydrogen) atoms. The first-order valence-electron chi connectivity index (χ1n) is 7.79. The average molecular weight is 403 g/mol. The summed E-state index contributed by atoms with van der Waals surface area (Å²) >= 11 is 6.90. The molecule has 132 valence electrons. The third-order valence-electron chi connectivity index (χ3n) is 3.68. The molecule has 0 aliphatic rings. The van der Waals surface area contributed by atoms with Crippen LogP contribution >= 0.6 is 23.4 Å². The largest absolute Gasteiger partial charge is 0.292 e. The van der Waals surface area contributed by atoms with Crippen LogP contribution in [0.5, 0.6) is 0 Å². The van der Waals surface area contributed by atoms with Crippen LogP contribution in [-0.4, -0.2) is 18.8 Å². The first-order valence-corrected chi connectivity index (χ1v) is 10.6. The van der Waals surface area contributed by atoms with Gasteiger partial charge in [-0.15, -0.1) is 0 Å². The van der Waals surface area contributed by atoms with Gasteiger partial charge in [-0.2, -0.15) is 0 Å². The van der Waals surface area contributed by atoms with Gasteiger partial charge in [0.25, 0.3) is 0 Å². The molecule has 0 radical (unpaired) electrons. The summed E-state index contributed by atoms with van der Waals surface area (Å²) in [7, 11) is -3.88. The number of carbonyl (C=O) groups is 1. The number of hydrogen-bond acceptors (Lipinski definition) is 4. The third-order valence-corrected chi connectivity index (χ3v) is 7.66. The maximum absolute atomic E-state index is 13.2. The quantitative estimate of drug-likeness (QED) is 0.424. The zero-order chi connectivity index (χ0) is 18.6. The van der Waals surface area contributed by atoms with Crippen molar-refractivity contribution in [2.24, 2.45) is 0 Å². The van der Waals surface area contributed by atoms with E-state index in [-0.39, 0.29) is 4.90 Å². The van der Waals surface area contributed by atoms with Crippen molar-refractivity contribution >= 4 is 39.0 Å². The van der Waals surface area contributed by atoms with Crippen LogP contribution in [0.15, 0.2) is 94.7 Å². The van der Waals surface area contributed by atoms with Gasteiger partial charge in [-0.25, -0.2) is 8.42 Å². The summed E-state index contributed by atoms with van der Waals surface area (Å²) in [6, 6.07) is 23.3. The number of hydrogen-bond donors (Lipinski definition) is 0. The number of sulfone groups is 1. The number of thioether (sulfide) groups is 1. The Bertz CT molecular complexity index is 986. The van der Waals surface area contributed by atoms with Crippen LogP contribution in [-0.2, 0) is 9.84 Å². The lowest BCUT2D eigenvalue weighted by atomic mass is 10.1. The van der Waals surface area contributed by atoms with Gasteiger partial charge >= 0.3 is 0 Å². The lowest BCUT2D eigenvalue weighted by Crippen LogP contribution is -2.27. The molecule has 0 heterocycles. The molecule has 3 aromatic carbocycles. The Morgan fingerprint density at radius 3 is 1.92 bits per heavy atom. The molecule has 0 aliphatic heterocycles. The molecule has 3 rings (SSSR count). The van der Waals surface area contributed by atoms with Crippen molar-refractivity contribution in [3.63, 3.8) is 0 Å². The van der Waals surface area contributed by atoms with E-state index < -0.39 is 20.2 Å². The predicted molar refractivity (Wildman–Crippen MR) is 105 cm³/mol. The Morgan fingerprint density at radius 1 is 0.808 bits per heavy atom. The van der Waals surface area contributed by atoms with E-state index in [9.17, 15) is 13.2 Å². The van der Waals surface area contributed by atoms with Crippen LogP contribution in [0.4, 0.5) is 0 Å². The van der Waals surface area contributed by atoms with Gasteiger partial charge in [0.1, 0.15) is 0 Å². The standard InChI is InChI=1S/C20H15ClO3S2/c21-16-13-11-15(12-14-16)19(22)20(25-17-7-3-1-4-8-17)26(23,24)18-9-5-2-6-10-18/h1-14,20H. The van der Waals surface area contributed by atoms with Crippen LogP contribution in [0.25, 0.3) is 0 Å². The van der Waals surface area contributed by atoms with Crippen LogP contribution in [0.2, 0.25) is 5.02 Å². The molecule has 3 nitrogen and oxygen atoms in total. The van der Waals surface area contributed by atoms with Gasteiger partial charge in [0.2, 0.25) is 0 Å². The third kappa shape index (κ3) is 4.18. The van der Waals surface area contributed by atoms with Crippen LogP contribution in [0.1, 0.15) is 10.4 Å². The molecular weight excluding hydrogens is 388 g/mol. The number of halogens is 1. The minimum absolute atomic E-state index is 0.121. The lowest BCUT2D eigenvalue weighted by molar-refractivity contribution is 0.101. The van der Waals surface area contributed by atoms with E-state index in [4.69, 9.17) is 11.6 Å². The maximum Gasteiger partial charge on any atom is 0.198 e. The van der Waals surface area contributed by atoms with Crippen molar-refractivity contribution in [3.8, 4) is 0 Å². The first kappa shape index (κ1) is 18.7. The highest BCUT2D eigenvalue weighted by molar-refractivity contribution is 8.14. The van der Waals surface area contributed by atoms with E-state index in [1.165, 1.54) is 12.1 Å². The molecule has 0 saturated heterocycles. The second kappa shape index (κ2) is 8.08. The molecule has 0 saturated carbocycles. The summed E-state index contributed by atoms with van der Waals surface area (Å²) in [5.41, 5.74) is 0.308. The minimum Gasteiger partial charge on any atom is -0.292 e. The summed E-state index contributed by atoms with van der Waals surface area (Å²) < 4.78 is 25.0. The number of ketones is 1. The Balaban J connectivity index is 2.04. The molecule has 1 atom stereocenters. The minimum atomic E-state index is -3.88. The second-order valence-corrected chi connectivity index (χ2v) is 9.44. The number of rotatable bonds is 6. The molecule has 0 spiro atoms. The zero-order valence-electron chi connectivity index (χ0n) is 13.6. The highest BCUT2D eigenvalue weighted by Gasteiger charge is 2.35. The Morgan fingerprint density at radius 2 is 1.35 bits per heavy atom. The van der Waals surface area contributed by atoms with Crippen molar-refractivity contribution < 1.29 is 13.2 Å². The highest BCUT2D eigenvalue weighted by atomic mass is 35.5. The Labute approximate surface area is 161 Å². The van der Waals surface area contributed by atoms with Crippen molar-refractivity contribution in [1.82, 2.24) is 0 Å². The van der Waals surface area contributed by atoms with Gasteiger partial charge in [0.05, 0.1) is 4.90 Å². The molecule has 0 fully saturated rings. The zero-order valence-corrected chi connectivity index (χ0v) is 16.0. The van der Waals surface area contributed by atoms with Gasteiger partial charge in [-0.3, -0.25) is 4.79 Å². The van der Waals surface area contributed by atoms with Crippen molar-refractivity contribution in [2.75, 3.05) is 0 Å². The van der Waals surface area contributed by atoms with Gasteiger partial charge < -0.3 is 0 Å². The fourth-order valence-corrected chi connectivity index (χ4v) is 5.67. The summed E-state index contributed by atoms with van der Waals surface area (Å²) in [4.78, 5) is 13.9. The van der Waals surface area contributed by atoms with E-state index >= 15 is 0 Å². The lowest BCUT2D eigenvalue weighted by Gasteiger charge is -2.17. The Kier molecular flexibility index (Phi) is 5.81. The van der Waals surface area contributed by atoms with Crippen molar-refractivity contribution in [3.05, 3.63) is 95.5 Å². The molecule has 3 aromatic rings. The second-order valence-electron chi connectivity index (χ2n) is 5.49. The van der Waals surface area contributed by atoms with Gasteiger partial charge in [-0.05, 0) is 48.5 Å². The normalized spacial score (nSPS) is 12.5. The summed E-state index contributed by atoms with van der Waals surface area (Å²) in [5.74, 6) is -0.473. The van der Waals surface area contributed by atoms with Crippen LogP contribution in [0.3, 0.4) is 0 Å². The topological polar surface area (TPSA) is 51.2 Å². The molecular formula is C20H15ClO3S2. The van der Waals surface area contributed by atoms with Crippen LogP contribution in [0, 0.1) is 0 Å². The van der Waals surface area contributed by atoms with E-state index in [1.807, 2.05) is 6.07 Å². The smallest absolute Gasteiger partial charge is 0.198 e. The molecule has 1 unspecified atom stereocenters. The van der Waals surface area contributed by atoms with Gasteiger partial charge in [0.15, 0.2) is 20.2 Å². The van der Waals surface area contributed by atoms with Crippen LogP contribution < -0.4 is 0 Å². The predicted octanol–water partition coefficient (Wildman–Crippen LogP) is 5.12. The monoisotopic (exact) mass is 402 g/mol. The molecule has 0 N–H and O–H groups in total. The van der Waals surface area contributed by atoms with Crippen molar-refractivity contribution in [1.29, 1.82) is 0 Å². The fraction of sp³-hybridized carbons (Fsp3) is 0.0500. The first-order chi connectivity index (χ1) is 12.5. The molecule has 0 amide bonds. The van der Waals surface area contributed by atoms with E-state index in [2.05, 4.69) is 0 Å². The van der Waals surface area contributed by atoms with E-state index in [0.29, 0.717) is 15.5 Å². The fourth-order valence-electron chi connectivity index (χ4n) is 2.36. The van der Waals surface area contributed by atoms with E-state index in [1.54, 1.807) is 66.7 Å². The molecule has 6 heteroatoms. The average Bonchev–Trinajstić information content (AvgIpc) is 2.67. The molecule has 0 aromatic heterocycles. The highest BCUT2D eigenvalue weighted by Crippen LogP contribution is 2.33. The number of benzene rings is 3. The van der Waals surface area contributed by atoms with Gasteiger partial charge in [-0.1, -0.05) is 59.8 Å². The SMILES string of the molecule is O=C(c1ccc(Cl)cc1)C(Sc1ccccc1)S(=O)(=O)c1ccccc1. The van der Waals surface area contributed by atoms with Gasteiger partial charge in [0, 0.05) is 15.5 Å². The summed E-state index contributed by atoms with van der Waals surface area (Å²) in [6.07, 6.45) is 0. The summed E-state index contributed by atoms with van der Waals surface area (Å²) in [6.45, 7) is 0. The number of carbonyl (C=O) groups excluding carboxylic acids is 1. The Hall–Kier alpha value is -2.08. The molecule has 0 bridgehead atoms. The van der Waals surface area contributed by atoms with E-state index in [0.717, 1.165) is 11.8 Å². The summed E-state index contributed by atoms with van der Waals surface area (Å²) in [5, 5.41) is 0.486. The number of Topliss-reactive ketones (excluding diaryl/α,β-unsaturated/α-hetero) is 1. The van der Waals surface area contributed by atoms with Crippen molar-refractivity contribution in [2.45, 2.75) is 14.4 Å². The maximum atomic E-state index is 13.2.